The maximum Gasteiger partial charge on any atom is 0.181 e. The highest BCUT2D eigenvalue weighted by molar-refractivity contribution is 9.10. The average molecular weight is 347 g/mol. The van der Waals surface area contributed by atoms with E-state index in [4.69, 9.17) is 20.0 Å². The number of benzene rings is 2. The molecule has 0 radical (unpaired) electrons. The molecule has 0 heterocycles. The van der Waals surface area contributed by atoms with Crippen molar-refractivity contribution in [3.63, 3.8) is 0 Å². The first kappa shape index (κ1) is 14.8. The van der Waals surface area contributed by atoms with Gasteiger partial charge < -0.3 is 9.47 Å². The molecular weight excluding hydrogens is 339 g/mol. The fourth-order valence-corrected chi connectivity index (χ4v) is 2.05. The average Bonchev–Trinajstić information content (AvgIpc) is 2.51. The summed E-state index contributed by atoms with van der Waals surface area (Å²) in [5.41, 5.74) is 0.501. The van der Waals surface area contributed by atoms with Crippen LogP contribution in [0.25, 0.3) is 0 Å². The highest BCUT2D eigenvalue weighted by atomic mass is 79.9. The van der Waals surface area contributed by atoms with Crippen molar-refractivity contribution in [3.8, 4) is 29.4 Å². The molecule has 0 aromatic heterocycles. The van der Waals surface area contributed by atoms with Crippen molar-refractivity contribution in [2.45, 2.75) is 0 Å². The smallest absolute Gasteiger partial charge is 0.181 e. The van der Waals surface area contributed by atoms with Crippen LogP contribution in [0.3, 0.4) is 0 Å². The van der Waals surface area contributed by atoms with Crippen LogP contribution in [0.2, 0.25) is 0 Å². The Bertz CT molecular complexity index is 778. The van der Waals surface area contributed by atoms with Crippen LogP contribution >= 0.6 is 15.9 Å². The van der Waals surface area contributed by atoms with Gasteiger partial charge in [0.2, 0.25) is 0 Å². The molecule has 0 aliphatic rings. The van der Waals surface area contributed by atoms with Gasteiger partial charge >= 0.3 is 0 Å². The Morgan fingerprint density at radius 2 is 1.81 bits per heavy atom. The van der Waals surface area contributed by atoms with E-state index in [0.29, 0.717) is 11.3 Å². The van der Waals surface area contributed by atoms with Gasteiger partial charge in [0.25, 0.3) is 0 Å². The lowest BCUT2D eigenvalue weighted by Crippen LogP contribution is -1.93. The van der Waals surface area contributed by atoms with Crippen LogP contribution in [0.1, 0.15) is 11.1 Å². The summed E-state index contributed by atoms with van der Waals surface area (Å²) in [6.07, 6.45) is 0. The lowest BCUT2D eigenvalue weighted by atomic mass is 10.2. The molecule has 0 amide bonds. The second-order valence-corrected chi connectivity index (χ2v) is 4.76. The third-order valence-corrected chi connectivity index (χ3v) is 3.42. The van der Waals surface area contributed by atoms with E-state index in [1.165, 1.54) is 37.4 Å². The van der Waals surface area contributed by atoms with Crippen LogP contribution in [0.4, 0.5) is 4.39 Å². The van der Waals surface area contributed by atoms with E-state index >= 15 is 0 Å². The van der Waals surface area contributed by atoms with Gasteiger partial charge in [-0.05, 0) is 40.2 Å². The van der Waals surface area contributed by atoms with E-state index in [2.05, 4.69) is 15.9 Å². The van der Waals surface area contributed by atoms with Gasteiger partial charge in [-0.15, -0.1) is 0 Å². The highest BCUT2D eigenvalue weighted by Crippen LogP contribution is 2.33. The summed E-state index contributed by atoms with van der Waals surface area (Å²) in [4.78, 5) is 0. The largest absolute Gasteiger partial charge is 0.497 e. The molecule has 6 heteroatoms. The van der Waals surface area contributed by atoms with Crippen LogP contribution in [0.15, 0.2) is 34.8 Å². The molecule has 0 aliphatic carbocycles. The summed E-state index contributed by atoms with van der Waals surface area (Å²) in [5.74, 6) is -0.0491. The molecule has 0 N–H and O–H groups in total. The van der Waals surface area contributed by atoms with E-state index in [-0.39, 0.29) is 21.5 Å². The number of nitrogens with zero attached hydrogens (tertiary/aromatic N) is 2. The minimum Gasteiger partial charge on any atom is -0.497 e. The Balaban J connectivity index is 2.42. The summed E-state index contributed by atoms with van der Waals surface area (Å²) < 4.78 is 24.6. The Hall–Kier alpha value is -2.57. The molecule has 2 rings (SSSR count). The molecule has 0 fully saturated rings. The van der Waals surface area contributed by atoms with Crippen molar-refractivity contribution in [2.24, 2.45) is 0 Å². The van der Waals surface area contributed by atoms with Crippen molar-refractivity contribution in [3.05, 3.63) is 51.7 Å². The van der Waals surface area contributed by atoms with Gasteiger partial charge in [0.05, 0.1) is 28.8 Å². The van der Waals surface area contributed by atoms with Gasteiger partial charge in [0.15, 0.2) is 11.6 Å². The number of hydrogen-bond acceptors (Lipinski definition) is 4. The fourth-order valence-electron chi connectivity index (χ4n) is 1.64. The Kier molecular flexibility index (Phi) is 4.42. The van der Waals surface area contributed by atoms with Crippen LogP contribution in [0, 0.1) is 28.5 Å². The first-order valence-corrected chi connectivity index (χ1v) is 6.53. The molecule has 4 nitrogen and oxygen atoms in total. The van der Waals surface area contributed by atoms with Crippen molar-refractivity contribution < 1.29 is 13.9 Å². The lowest BCUT2D eigenvalue weighted by Gasteiger charge is -2.10. The Morgan fingerprint density at radius 1 is 1.10 bits per heavy atom. The zero-order valence-electron chi connectivity index (χ0n) is 10.9. The van der Waals surface area contributed by atoms with E-state index < -0.39 is 5.82 Å². The van der Waals surface area contributed by atoms with Crippen molar-refractivity contribution >= 4 is 15.9 Å². The first-order valence-electron chi connectivity index (χ1n) is 5.74. The van der Waals surface area contributed by atoms with Crippen LogP contribution in [0.5, 0.6) is 17.2 Å². The predicted molar refractivity (Wildman–Crippen MR) is 76.6 cm³/mol. The van der Waals surface area contributed by atoms with Gasteiger partial charge in [0, 0.05) is 6.07 Å². The third-order valence-electron chi connectivity index (χ3n) is 2.64. The monoisotopic (exact) mass is 346 g/mol. The number of ether oxygens (including phenoxy) is 2. The molecule has 0 atom stereocenters. The Morgan fingerprint density at radius 3 is 2.43 bits per heavy atom. The second kappa shape index (κ2) is 6.25. The number of rotatable bonds is 3. The predicted octanol–water partition coefficient (Wildman–Crippen LogP) is 4.13. The van der Waals surface area contributed by atoms with Crippen LogP contribution < -0.4 is 9.47 Å². The molecule has 0 unspecified atom stereocenters. The number of halogens is 2. The van der Waals surface area contributed by atoms with E-state index in [0.717, 1.165) is 0 Å². The zero-order valence-corrected chi connectivity index (χ0v) is 12.4. The van der Waals surface area contributed by atoms with Gasteiger partial charge in [0.1, 0.15) is 17.6 Å². The van der Waals surface area contributed by atoms with Crippen LogP contribution in [-0.2, 0) is 0 Å². The lowest BCUT2D eigenvalue weighted by molar-refractivity contribution is 0.404. The quantitative estimate of drug-likeness (QED) is 0.837. The highest BCUT2D eigenvalue weighted by Gasteiger charge is 2.13. The standard InChI is InChI=1S/C15H8BrFN2O2/c1-20-11-4-9(7-18)5-12(6-11)21-13-3-2-10(8-19)14(16)15(13)17/h2-6H,1H3. The molecule has 21 heavy (non-hydrogen) atoms. The summed E-state index contributed by atoms with van der Waals surface area (Å²) in [6, 6.07) is 11.2. The molecular formula is C15H8BrFN2O2. The topological polar surface area (TPSA) is 66.0 Å². The zero-order chi connectivity index (χ0) is 15.4. The summed E-state index contributed by atoms with van der Waals surface area (Å²) in [7, 11) is 1.46. The van der Waals surface area contributed by atoms with E-state index in [1.807, 2.05) is 12.1 Å². The van der Waals surface area contributed by atoms with Crippen molar-refractivity contribution in [2.75, 3.05) is 7.11 Å². The second-order valence-electron chi connectivity index (χ2n) is 3.96. The van der Waals surface area contributed by atoms with Gasteiger partial charge in [-0.25, -0.2) is 4.39 Å². The minimum absolute atomic E-state index is 0.0332. The van der Waals surface area contributed by atoms with E-state index in [9.17, 15) is 4.39 Å². The fraction of sp³-hybridized carbons (Fsp3) is 0.0667. The number of hydrogen-bond donors (Lipinski definition) is 0. The third kappa shape index (κ3) is 3.13. The van der Waals surface area contributed by atoms with Gasteiger partial charge in [-0.2, -0.15) is 10.5 Å². The molecule has 0 saturated carbocycles. The minimum atomic E-state index is -0.685. The van der Waals surface area contributed by atoms with Gasteiger partial charge in [-0.3, -0.25) is 0 Å². The van der Waals surface area contributed by atoms with Crippen molar-refractivity contribution in [1.29, 1.82) is 10.5 Å². The summed E-state index contributed by atoms with van der Waals surface area (Å²) >= 11 is 3.01. The molecule has 0 bridgehead atoms. The molecule has 104 valence electrons. The van der Waals surface area contributed by atoms with E-state index in [1.54, 1.807) is 0 Å². The maximum absolute atomic E-state index is 14.1. The molecule has 2 aromatic rings. The molecule has 2 aromatic carbocycles. The summed E-state index contributed by atoms with van der Waals surface area (Å²) in [5, 5.41) is 17.8. The molecule has 0 spiro atoms. The summed E-state index contributed by atoms with van der Waals surface area (Å²) in [6.45, 7) is 0. The SMILES string of the molecule is COc1cc(C#N)cc(Oc2ccc(C#N)c(Br)c2F)c1. The number of nitriles is 2. The normalized spacial score (nSPS) is 9.57. The van der Waals surface area contributed by atoms with Crippen LogP contribution in [-0.4, -0.2) is 7.11 Å². The van der Waals surface area contributed by atoms with Crippen molar-refractivity contribution in [1.82, 2.24) is 0 Å². The first-order chi connectivity index (χ1) is 10.1. The molecule has 0 saturated heterocycles. The Labute approximate surface area is 129 Å². The molecule has 0 aliphatic heterocycles. The maximum atomic E-state index is 14.1. The number of methoxy groups -OCH3 is 1. The van der Waals surface area contributed by atoms with Gasteiger partial charge in [-0.1, -0.05) is 0 Å².